The molecule has 1 atom stereocenters. The molecule has 0 spiro atoms. The van der Waals surface area contributed by atoms with Gasteiger partial charge >= 0.3 is 0 Å². The highest BCUT2D eigenvalue weighted by molar-refractivity contribution is 5.54. The summed E-state index contributed by atoms with van der Waals surface area (Å²) in [5.41, 5.74) is 9.99. The average Bonchev–Trinajstić information content (AvgIpc) is 2.75. The van der Waals surface area contributed by atoms with Gasteiger partial charge in [-0.05, 0) is 49.2 Å². The first-order valence-electron chi connectivity index (χ1n) is 10.1. The Morgan fingerprint density at radius 2 is 1.71 bits per heavy atom. The molecule has 2 aliphatic heterocycles. The summed E-state index contributed by atoms with van der Waals surface area (Å²) in [6, 6.07) is 14.9. The zero-order valence-corrected chi connectivity index (χ0v) is 17.4. The molecular formula is C25H23F2N3O. The number of halogens is 2. The molecule has 0 fully saturated rings. The number of hydrogen-bond acceptors (Lipinski definition) is 4. The van der Waals surface area contributed by atoms with Crippen molar-refractivity contribution in [2.75, 3.05) is 6.54 Å². The molecular weight excluding hydrogens is 396 g/mol. The maximum atomic E-state index is 13.6. The van der Waals surface area contributed by atoms with Gasteiger partial charge in [-0.3, -0.25) is 0 Å². The van der Waals surface area contributed by atoms with Gasteiger partial charge in [0.15, 0.2) is 0 Å². The highest BCUT2D eigenvalue weighted by atomic mass is 19.1. The van der Waals surface area contributed by atoms with E-state index in [9.17, 15) is 14.0 Å². The van der Waals surface area contributed by atoms with Gasteiger partial charge in [0.1, 0.15) is 29.0 Å². The zero-order chi connectivity index (χ0) is 22.1. The van der Waals surface area contributed by atoms with E-state index in [0.717, 1.165) is 22.3 Å². The molecule has 0 radical (unpaired) electrons. The van der Waals surface area contributed by atoms with Gasteiger partial charge in [-0.25, -0.2) is 8.78 Å². The van der Waals surface area contributed by atoms with Crippen LogP contribution in [0.3, 0.4) is 0 Å². The molecule has 0 saturated carbocycles. The number of nitrogens with zero attached hydrogens (tertiary/aromatic N) is 2. The molecule has 4 rings (SSSR count). The van der Waals surface area contributed by atoms with Crippen LogP contribution in [-0.2, 0) is 11.2 Å². The number of ether oxygens (including phenoxy) is 1. The summed E-state index contributed by atoms with van der Waals surface area (Å²) in [6.07, 6.45) is 2.56. The van der Waals surface area contributed by atoms with Crippen molar-refractivity contribution in [1.29, 1.82) is 5.26 Å². The van der Waals surface area contributed by atoms with Gasteiger partial charge in [-0.15, -0.1) is 0 Å². The maximum Gasteiger partial charge on any atom is 0.205 e. The van der Waals surface area contributed by atoms with Crippen LogP contribution in [0.4, 0.5) is 8.78 Å². The third-order valence-electron chi connectivity index (χ3n) is 5.67. The fourth-order valence-electron chi connectivity index (χ4n) is 4.04. The number of hydrogen-bond donors (Lipinski definition) is 1. The van der Waals surface area contributed by atoms with Crippen molar-refractivity contribution >= 4 is 0 Å². The molecule has 2 aliphatic rings. The van der Waals surface area contributed by atoms with Gasteiger partial charge < -0.3 is 15.4 Å². The second kappa shape index (κ2) is 8.27. The maximum absolute atomic E-state index is 13.6. The second-order valence-corrected chi connectivity index (χ2v) is 8.05. The van der Waals surface area contributed by atoms with Gasteiger partial charge in [0.25, 0.3) is 0 Å². The lowest BCUT2D eigenvalue weighted by Crippen LogP contribution is -2.36. The van der Waals surface area contributed by atoms with Crippen LogP contribution in [0, 0.1) is 23.0 Å². The first-order valence-corrected chi connectivity index (χ1v) is 10.1. The van der Waals surface area contributed by atoms with E-state index in [1.165, 1.54) is 24.3 Å². The summed E-state index contributed by atoms with van der Waals surface area (Å²) in [7, 11) is 0. The molecule has 2 heterocycles. The Morgan fingerprint density at radius 3 is 2.29 bits per heavy atom. The topological polar surface area (TPSA) is 62.3 Å². The Balaban J connectivity index is 1.82. The van der Waals surface area contributed by atoms with Crippen LogP contribution in [-0.4, -0.2) is 17.5 Å². The van der Waals surface area contributed by atoms with Crippen LogP contribution in [0.1, 0.15) is 30.9 Å². The minimum Gasteiger partial charge on any atom is -0.440 e. The van der Waals surface area contributed by atoms with Crippen molar-refractivity contribution in [3.8, 4) is 6.07 Å². The van der Waals surface area contributed by atoms with E-state index in [1.807, 2.05) is 6.20 Å². The predicted octanol–water partition coefficient (Wildman–Crippen LogP) is 4.88. The largest absolute Gasteiger partial charge is 0.440 e. The Hall–Kier alpha value is -3.59. The van der Waals surface area contributed by atoms with E-state index in [0.29, 0.717) is 24.3 Å². The fourth-order valence-corrected chi connectivity index (χ4v) is 4.04. The fraction of sp³-hybridized carbons (Fsp3) is 0.240. The van der Waals surface area contributed by atoms with Crippen LogP contribution in [0.5, 0.6) is 0 Å². The summed E-state index contributed by atoms with van der Waals surface area (Å²) in [5, 5.41) is 9.81. The Kier molecular flexibility index (Phi) is 5.51. The van der Waals surface area contributed by atoms with Crippen molar-refractivity contribution in [2.45, 2.75) is 32.2 Å². The lowest BCUT2D eigenvalue weighted by molar-refractivity contribution is 0.250. The normalized spacial score (nSPS) is 18.5. The van der Waals surface area contributed by atoms with E-state index in [-0.39, 0.29) is 23.6 Å². The van der Waals surface area contributed by atoms with Gasteiger partial charge in [-0.1, -0.05) is 24.3 Å². The Labute approximate surface area is 180 Å². The smallest absolute Gasteiger partial charge is 0.205 e. The van der Waals surface area contributed by atoms with E-state index < -0.39 is 5.92 Å². The molecule has 2 aromatic carbocycles. The molecule has 31 heavy (non-hydrogen) atoms. The summed E-state index contributed by atoms with van der Waals surface area (Å²) >= 11 is 0. The van der Waals surface area contributed by atoms with Crippen molar-refractivity contribution in [2.24, 2.45) is 5.73 Å². The predicted molar refractivity (Wildman–Crippen MR) is 114 cm³/mol. The third-order valence-corrected chi connectivity index (χ3v) is 5.67. The number of rotatable bonds is 4. The number of benzene rings is 2. The summed E-state index contributed by atoms with van der Waals surface area (Å²) in [6.45, 7) is 4.73. The molecule has 158 valence electrons. The highest BCUT2D eigenvalue weighted by Gasteiger charge is 2.37. The summed E-state index contributed by atoms with van der Waals surface area (Å²) in [5.74, 6) is -0.371. The van der Waals surface area contributed by atoms with E-state index in [4.69, 9.17) is 10.5 Å². The quantitative estimate of drug-likeness (QED) is 0.768. The first kappa shape index (κ1) is 20.7. The van der Waals surface area contributed by atoms with Crippen LogP contribution < -0.4 is 5.73 Å². The molecule has 0 bridgehead atoms. The Morgan fingerprint density at radius 1 is 1.10 bits per heavy atom. The minimum atomic E-state index is -0.424. The average molecular weight is 419 g/mol. The molecule has 2 aromatic rings. The molecule has 4 nitrogen and oxygen atoms in total. The van der Waals surface area contributed by atoms with Gasteiger partial charge in [0.05, 0.1) is 5.92 Å². The summed E-state index contributed by atoms with van der Waals surface area (Å²) in [4.78, 5) is 2.17. The number of allylic oxidation sites excluding steroid dienone is 2. The zero-order valence-electron chi connectivity index (χ0n) is 17.4. The van der Waals surface area contributed by atoms with Crippen LogP contribution in [0.15, 0.2) is 83.1 Å². The second-order valence-electron chi connectivity index (χ2n) is 8.05. The standard InChI is InChI=1S/C25H23F2N3O/c1-15(2)30-13-18(11-16-3-7-19(26)8-4-16)24-22(14-30)23(21(12-28)25(29)31-24)17-5-9-20(27)10-6-17/h3-10,13,15,23H,11,14,29H2,1-2H3/t23-/m0/s1. The third kappa shape index (κ3) is 4.04. The monoisotopic (exact) mass is 419 g/mol. The minimum absolute atomic E-state index is 0.0542. The molecule has 0 unspecified atom stereocenters. The molecule has 6 heteroatoms. The number of nitrogens with two attached hydrogens (primary N) is 1. The van der Waals surface area contributed by atoms with E-state index in [2.05, 4.69) is 24.8 Å². The molecule has 0 saturated heterocycles. The molecule has 2 N–H and O–H groups in total. The van der Waals surface area contributed by atoms with Gasteiger partial charge in [0.2, 0.25) is 5.88 Å². The van der Waals surface area contributed by atoms with Crippen LogP contribution >= 0.6 is 0 Å². The summed E-state index contributed by atoms with van der Waals surface area (Å²) < 4.78 is 32.9. The van der Waals surface area contributed by atoms with Crippen molar-refractivity contribution < 1.29 is 13.5 Å². The van der Waals surface area contributed by atoms with E-state index >= 15 is 0 Å². The SMILES string of the molecule is CC(C)N1C=C(Cc2ccc(F)cc2)C2=C(C1)[C@@H](c1ccc(F)cc1)C(C#N)=C(N)O2. The van der Waals surface area contributed by atoms with Crippen molar-refractivity contribution in [3.63, 3.8) is 0 Å². The van der Waals surface area contributed by atoms with Crippen molar-refractivity contribution in [1.82, 2.24) is 4.90 Å². The molecule has 0 aliphatic carbocycles. The van der Waals surface area contributed by atoms with Gasteiger partial charge in [-0.2, -0.15) is 5.26 Å². The Bertz CT molecular complexity index is 1120. The van der Waals surface area contributed by atoms with Gasteiger partial charge in [0, 0.05) is 36.4 Å². The molecule has 0 aromatic heterocycles. The van der Waals surface area contributed by atoms with Crippen LogP contribution in [0.2, 0.25) is 0 Å². The van der Waals surface area contributed by atoms with E-state index in [1.54, 1.807) is 24.3 Å². The van der Waals surface area contributed by atoms with Crippen molar-refractivity contribution in [3.05, 3.63) is 106 Å². The molecule has 0 amide bonds. The first-order chi connectivity index (χ1) is 14.9. The van der Waals surface area contributed by atoms with Crippen LogP contribution in [0.25, 0.3) is 0 Å². The highest BCUT2D eigenvalue weighted by Crippen LogP contribution is 2.44. The number of nitriles is 1. The lowest BCUT2D eigenvalue weighted by atomic mass is 9.80. The lowest BCUT2D eigenvalue weighted by Gasteiger charge is -2.38.